The van der Waals surface area contributed by atoms with E-state index in [0.29, 0.717) is 28.9 Å². The fourth-order valence-corrected chi connectivity index (χ4v) is 3.94. The maximum absolute atomic E-state index is 14.7. The second-order valence-corrected chi connectivity index (χ2v) is 8.97. The molecule has 0 fully saturated rings. The molecule has 0 aliphatic rings. The van der Waals surface area contributed by atoms with E-state index in [0.717, 1.165) is 6.26 Å². The second kappa shape index (κ2) is 8.78. The summed E-state index contributed by atoms with van der Waals surface area (Å²) in [6.45, 7) is -3.37. The lowest BCUT2D eigenvalue weighted by Gasteiger charge is -2.10. The minimum Gasteiger partial charge on any atom is -0.432 e. The molecule has 2 aromatic carbocycles. The highest BCUT2D eigenvalue weighted by atomic mass is 32.2. The van der Waals surface area contributed by atoms with Gasteiger partial charge in [0.15, 0.2) is 11.6 Å². The van der Waals surface area contributed by atoms with Crippen molar-refractivity contribution in [1.29, 1.82) is 0 Å². The lowest BCUT2D eigenvalue weighted by atomic mass is 10.00. The summed E-state index contributed by atoms with van der Waals surface area (Å²) in [4.78, 5) is 19.9. The van der Waals surface area contributed by atoms with Crippen LogP contribution in [0.3, 0.4) is 0 Å². The molecule has 2 heterocycles. The van der Waals surface area contributed by atoms with Gasteiger partial charge in [0.1, 0.15) is 11.5 Å². The Balaban J connectivity index is 1.78. The van der Waals surface area contributed by atoms with Gasteiger partial charge in [-0.1, -0.05) is 12.1 Å². The van der Waals surface area contributed by atoms with E-state index in [4.69, 9.17) is 0 Å². The number of fused-ring (bicyclic) bond motifs is 1. The van der Waals surface area contributed by atoms with Crippen LogP contribution in [0.2, 0.25) is 0 Å². The van der Waals surface area contributed by atoms with Crippen molar-refractivity contribution in [2.45, 2.75) is 6.61 Å². The smallest absolute Gasteiger partial charge is 0.387 e. The van der Waals surface area contributed by atoms with Gasteiger partial charge in [-0.3, -0.25) is 9.52 Å². The summed E-state index contributed by atoms with van der Waals surface area (Å²) in [5.74, 6) is -4.87. The summed E-state index contributed by atoms with van der Waals surface area (Å²) in [5.41, 5.74) is 0.357. The van der Waals surface area contributed by atoms with Crippen molar-refractivity contribution in [1.82, 2.24) is 9.97 Å². The molecule has 0 aliphatic carbocycles. The molecule has 0 bridgehead atoms. The van der Waals surface area contributed by atoms with Crippen LogP contribution in [0.15, 0.2) is 54.9 Å². The number of aromatic amines is 1. The van der Waals surface area contributed by atoms with Gasteiger partial charge in [-0.2, -0.15) is 8.78 Å². The summed E-state index contributed by atoms with van der Waals surface area (Å²) in [6.07, 6.45) is 3.67. The zero-order valence-corrected chi connectivity index (χ0v) is 18.1. The van der Waals surface area contributed by atoms with Gasteiger partial charge >= 0.3 is 6.61 Å². The number of alkyl halides is 2. The van der Waals surface area contributed by atoms with Crippen LogP contribution in [-0.2, 0) is 10.0 Å². The van der Waals surface area contributed by atoms with Crippen molar-refractivity contribution >= 4 is 32.5 Å². The average Bonchev–Trinajstić information content (AvgIpc) is 3.18. The maximum Gasteiger partial charge on any atom is 0.387 e. The van der Waals surface area contributed by atoms with E-state index >= 15 is 0 Å². The standard InChI is InChI=1S/C22H15F4N3O4S/c1-34(31,32)29-13-4-2-3-11(7-13)12-8-14-15(10-28-21(14)27-9-12)20(30)18-16(23)5-6-17(19(18)24)33-22(25)26/h2-10,22,29H,1H3,(H,27,28). The number of hydrogen-bond donors (Lipinski definition) is 2. The number of ether oxygens (including phenoxy) is 1. The molecular weight excluding hydrogens is 478 g/mol. The molecule has 0 saturated carbocycles. The molecule has 34 heavy (non-hydrogen) atoms. The first-order chi connectivity index (χ1) is 16.0. The van der Waals surface area contributed by atoms with Crippen molar-refractivity contribution in [2.75, 3.05) is 11.0 Å². The lowest BCUT2D eigenvalue weighted by Crippen LogP contribution is -2.11. The van der Waals surface area contributed by atoms with E-state index in [2.05, 4.69) is 19.4 Å². The quantitative estimate of drug-likeness (QED) is 0.287. The van der Waals surface area contributed by atoms with Crippen molar-refractivity contribution < 1.29 is 35.5 Å². The number of sulfonamides is 1. The number of benzene rings is 2. The van der Waals surface area contributed by atoms with Gasteiger partial charge in [0, 0.05) is 34.6 Å². The Bertz CT molecular complexity index is 1520. The van der Waals surface area contributed by atoms with E-state index < -0.39 is 45.4 Å². The third-order valence-electron chi connectivity index (χ3n) is 4.77. The molecule has 0 amide bonds. The fourth-order valence-electron chi connectivity index (χ4n) is 3.39. The maximum atomic E-state index is 14.7. The normalized spacial score (nSPS) is 11.7. The first-order valence-corrected chi connectivity index (χ1v) is 11.5. The van der Waals surface area contributed by atoms with Gasteiger partial charge in [-0.05, 0) is 35.9 Å². The van der Waals surface area contributed by atoms with Crippen LogP contribution in [0.5, 0.6) is 5.75 Å². The van der Waals surface area contributed by atoms with E-state index in [9.17, 15) is 30.8 Å². The zero-order chi connectivity index (χ0) is 24.6. The average molecular weight is 493 g/mol. The number of aromatic nitrogens is 2. The van der Waals surface area contributed by atoms with E-state index in [1.54, 1.807) is 24.3 Å². The second-order valence-electron chi connectivity index (χ2n) is 7.22. The van der Waals surface area contributed by atoms with Crippen molar-refractivity contribution in [3.8, 4) is 16.9 Å². The zero-order valence-electron chi connectivity index (χ0n) is 17.3. The summed E-state index contributed by atoms with van der Waals surface area (Å²) in [7, 11) is -3.51. The molecule has 0 aliphatic heterocycles. The molecule has 12 heteroatoms. The molecule has 0 spiro atoms. The first kappa shape index (κ1) is 23.2. The molecule has 0 saturated heterocycles. The molecule has 7 nitrogen and oxygen atoms in total. The third-order valence-corrected chi connectivity index (χ3v) is 5.38. The fraction of sp³-hybridized carbons (Fsp3) is 0.0909. The highest BCUT2D eigenvalue weighted by molar-refractivity contribution is 7.92. The Morgan fingerprint density at radius 1 is 1.12 bits per heavy atom. The predicted molar refractivity (Wildman–Crippen MR) is 116 cm³/mol. The largest absolute Gasteiger partial charge is 0.432 e. The molecule has 0 unspecified atom stereocenters. The molecule has 176 valence electrons. The van der Waals surface area contributed by atoms with Crippen LogP contribution in [0, 0.1) is 11.6 Å². The number of anilines is 1. The lowest BCUT2D eigenvalue weighted by molar-refractivity contribution is -0.0523. The van der Waals surface area contributed by atoms with Gasteiger partial charge in [0.2, 0.25) is 15.8 Å². The van der Waals surface area contributed by atoms with Crippen molar-refractivity contribution in [2.24, 2.45) is 0 Å². The molecule has 4 aromatic rings. The number of ketones is 1. The van der Waals surface area contributed by atoms with E-state index in [1.807, 2.05) is 0 Å². The van der Waals surface area contributed by atoms with Crippen molar-refractivity contribution in [3.05, 3.63) is 77.6 Å². The Labute approximate surface area is 190 Å². The van der Waals surface area contributed by atoms with Crippen molar-refractivity contribution in [3.63, 3.8) is 0 Å². The number of carbonyl (C=O) groups excluding carboxylic acids is 1. The van der Waals surface area contributed by atoms with Crippen LogP contribution in [-0.4, -0.2) is 37.0 Å². The number of rotatable bonds is 7. The van der Waals surface area contributed by atoms with Crippen LogP contribution in [0.4, 0.5) is 23.2 Å². The third kappa shape index (κ3) is 4.71. The summed E-state index contributed by atoms with van der Waals surface area (Å²) < 4.78 is 83.4. The van der Waals surface area contributed by atoms with Gasteiger partial charge < -0.3 is 9.72 Å². The molecule has 2 aromatic heterocycles. The number of hydrogen-bond acceptors (Lipinski definition) is 5. The minimum absolute atomic E-state index is 0.151. The first-order valence-electron chi connectivity index (χ1n) is 9.56. The summed E-state index contributed by atoms with van der Waals surface area (Å²) in [6, 6.07) is 9.22. The summed E-state index contributed by atoms with van der Waals surface area (Å²) in [5, 5.41) is 0.211. The number of carbonyl (C=O) groups is 1. The topological polar surface area (TPSA) is 101 Å². The Morgan fingerprint density at radius 2 is 1.88 bits per heavy atom. The van der Waals surface area contributed by atoms with E-state index in [-0.39, 0.29) is 16.6 Å². The van der Waals surface area contributed by atoms with Gasteiger partial charge in [-0.25, -0.2) is 22.2 Å². The summed E-state index contributed by atoms with van der Waals surface area (Å²) >= 11 is 0. The van der Waals surface area contributed by atoms with Crippen LogP contribution >= 0.6 is 0 Å². The molecular formula is C22H15F4N3O4S. The number of H-pyrrole nitrogens is 1. The van der Waals surface area contributed by atoms with Gasteiger partial charge in [-0.15, -0.1) is 0 Å². The minimum atomic E-state index is -3.51. The van der Waals surface area contributed by atoms with Crippen LogP contribution in [0.25, 0.3) is 22.2 Å². The molecule has 0 radical (unpaired) electrons. The molecule has 2 N–H and O–H groups in total. The number of nitrogens with zero attached hydrogens (tertiary/aromatic N) is 1. The highest BCUT2D eigenvalue weighted by Crippen LogP contribution is 2.31. The van der Waals surface area contributed by atoms with Gasteiger partial charge in [0.25, 0.3) is 0 Å². The van der Waals surface area contributed by atoms with Crippen LogP contribution in [0.1, 0.15) is 15.9 Å². The monoisotopic (exact) mass is 493 g/mol. The Morgan fingerprint density at radius 3 is 2.59 bits per heavy atom. The number of pyridine rings is 1. The molecule has 0 atom stereocenters. The Kier molecular flexibility index (Phi) is 6.00. The number of nitrogens with one attached hydrogen (secondary N) is 2. The SMILES string of the molecule is CS(=O)(=O)Nc1cccc(-c2cnc3[nH]cc(C(=O)c4c(F)ccc(OC(F)F)c4F)c3c2)c1. The van der Waals surface area contributed by atoms with Crippen LogP contribution < -0.4 is 9.46 Å². The highest BCUT2D eigenvalue weighted by Gasteiger charge is 2.26. The van der Waals surface area contributed by atoms with E-state index in [1.165, 1.54) is 18.5 Å². The predicted octanol–water partition coefficient (Wildman–Crippen LogP) is 4.71. The van der Waals surface area contributed by atoms with Gasteiger partial charge in [0.05, 0.1) is 11.8 Å². The molecule has 4 rings (SSSR count). The number of halogens is 4. The Hall–Kier alpha value is -3.93.